The van der Waals surface area contributed by atoms with Gasteiger partial charge in [0.05, 0.1) is 38.0 Å². The van der Waals surface area contributed by atoms with Gasteiger partial charge >= 0.3 is 0 Å². The van der Waals surface area contributed by atoms with Gasteiger partial charge in [0.1, 0.15) is 17.2 Å². The number of hydrogen-bond acceptors (Lipinski definition) is 5. The van der Waals surface area contributed by atoms with E-state index in [2.05, 4.69) is 5.32 Å². The van der Waals surface area contributed by atoms with Crippen molar-refractivity contribution in [2.45, 2.75) is 13.0 Å². The van der Waals surface area contributed by atoms with E-state index in [0.29, 0.717) is 35.3 Å². The van der Waals surface area contributed by atoms with Crippen molar-refractivity contribution in [1.82, 2.24) is 4.90 Å². The van der Waals surface area contributed by atoms with Crippen LogP contribution >= 0.6 is 11.6 Å². The molecule has 1 fully saturated rings. The molecule has 0 aliphatic carbocycles. The molecule has 2 aromatic carbocycles. The quantitative estimate of drug-likeness (QED) is 0.746. The van der Waals surface area contributed by atoms with Gasteiger partial charge in [0.2, 0.25) is 11.8 Å². The molecule has 0 saturated carbocycles. The first-order chi connectivity index (χ1) is 13.9. The first kappa shape index (κ1) is 20.8. The van der Waals surface area contributed by atoms with E-state index < -0.39 is 5.92 Å². The van der Waals surface area contributed by atoms with E-state index in [0.717, 1.165) is 11.3 Å². The summed E-state index contributed by atoms with van der Waals surface area (Å²) in [4.78, 5) is 26.8. The van der Waals surface area contributed by atoms with Crippen LogP contribution in [0.2, 0.25) is 5.02 Å². The van der Waals surface area contributed by atoms with E-state index in [4.69, 9.17) is 25.8 Å². The topological polar surface area (TPSA) is 77.1 Å². The second kappa shape index (κ2) is 9.05. The van der Waals surface area contributed by atoms with Crippen molar-refractivity contribution < 1.29 is 23.8 Å². The highest BCUT2D eigenvalue weighted by Crippen LogP contribution is 2.36. The van der Waals surface area contributed by atoms with Gasteiger partial charge < -0.3 is 24.4 Å². The van der Waals surface area contributed by atoms with Crippen LogP contribution in [0.1, 0.15) is 12.0 Å². The van der Waals surface area contributed by atoms with Gasteiger partial charge in [0, 0.05) is 31.6 Å². The smallest absolute Gasteiger partial charge is 0.229 e. The highest BCUT2D eigenvalue weighted by Gasteiger charge is 2.34. The maximum Gasteiger partial charge on any atom is 0.229 e. The van der Waals surface area contributed by atoms with Crippen molar-refractivity contribution in [3.8, 4) is 17.2 Å². The molecule has 3 rings (SSSR count). The summed E-state index contributed by atoms with van der Waals surface area (Å²) in [6.45, 7) is 0.800. The van der Waals surface area contributed by atoms with Crippen LogP contribution in [-0.2, 0) is 16.1 Å². The fourth-order valence-corrected chi connectivity index (χ4v) is 3.48. The highest BCUT2D eigenvalue weighted by atomic mass is 35.5. The molecule has 2 amide bonds. The number of halogens is 1. The zero-order valence-electron chi connectivity index (χ0n) is 16.5. The van der Waals surface area contributed by atoms with E-state index in [9.17, 15) is 9.59 Å². The van der Waals surface area contributed by atoms with Crippen molar-refractivity contribution >= 4 is 29.1 Å². The Bertz CT molecular complexity index is 901. The molecule has 1 aliphatic rings. The Balaban J connectivity index is 1.67. The zero-order chi connectivity index (χ0) is 21.0. The van der Waals surface area contributed by atoms with Crippen LogP contribution in [0, 0.1) is 5.92 Å². The summed E-state index contributed by atoms with van der Waals surface area (Å²) >= 11 is 6.10. The van der Waals surface area contributed by atoms with Crippen LogP contribution < -0.4 is 19.5 Å². The summed E-state index contributed by atoms with van der Waals surface area (Å²) < 4.78 is 15.6. The monoisotopic (exact) mass is 418 g/mol. The predicted molar refractivity (Wildman–Crippen MR) is 110 cm³/mol. The summed E-state index contributed by atoms with van der Waals surface area (Å²) in [6.07, 6.45) is 0.162. The zero-order valence-corrected chi connectivity index (χ0v) is 17.3. The molecule has 154 valence electrons. The maximum absolute atomic E-state index is 12.8. The van der Waals surface area contributed by atoms with Gasteiger partial charge in [-0.2, -0.15) is 0 Å². The average molecular weight is 419 g/mol. The van der Waals surface area contributed by atoms with Gasteiger partial charge in [-0.05, 0) is 17.7 Å². The molecule has 0 bridgehead atoms. The highest BCUT2D eigenvalue weighted by molar-refractivity contribution is 6.32. The summed E-state index contributed by atoms with van der Waals surface area (Å²) in [5.74, 6) is 0.841. The van der Waals surface area contributed by atoms with E-state index in [-0.39, 0.29) is 18.2 Å². The number of amides is 2. The lowest BCUT2D eigenvalue weighted by Crippen LogP contribution is -2.28. The van der Waals surface area contributed by atoms with E-state index in [1.807, 2.05) is 24.3 Å². The van der Waals surface area contributed by atoms with Gasteiger partial charge in [0.15, 0.2) is 0 Å². The van der Waals surface area contributed by atoms with E-state index in [1.165, 1.54) is 14.2 Å². The minimum atomic E-state index is -0.452. The molecule has 0 radical (unpaired) electrons. The first-order valence-corrected chi connectivity index (χ1v) is 9.46. The normalized spacial score (nSPS) is 15.9. The number of likely N-dealkylation sites (tertiary alicyclic amines) is 1. The van der Waals surface area contributed by atoms with Crippen molar-refractivity contribution in [2.75, 3.05) is 33.2 Å². The molecular weight excluding hydrogens is 396 g/mol. The summed E-state index contributed by atoms with van der Waals surface area (Å²) in [6, 6.07) is 10.7. The number of benzene rings is 2. The molecule has 7 nitrogen and oxygen atoms in total. The lowest BCUT2D eigenvalue weighted by atomic mass is 10.1. The molecule has 0 aromatic heterocycles. The van der Waals surface area contributed by atoms with Crippen molar-refractivity contribution in [3.05, 3.63) is 47.0 Å². The Hall–Kier alpha value is -2.93. The van der Waals surface area contributed by atoms with Gasteiger partial charge in [-0.1, -0.05) is 23.7 Å². The third-order valence-electron chi connectivity index (χ3n) is 4.85. The molecule has 1 unspecified atom stereocenters. The van der Waals surface area contributed by atoms with Crippen LogP contribution in [0.25, 0.3) is 0 Å². The van der Waals surface area contributed by atoms with Crippen LogP contribution in [0.5, 0.6) is 17.2 Å². The van der Waals surface area contributed by atoms with Gasteiger partial charge in [-0.25, -0.2) is 0 Å². The van der Waals surface area contributed by atoms with E-state index in [1.54, 1.807) is 24.1 Å². The molecular formula is C21H23ClN2O5. The fraction of sp³-hybridized carbons (Fsp3) is 0.333. The number of methoxy groups -OCH3 is 3. The SMILES string of the molecule is COc1ccc(CN2CC(C(=O)Nc3cc(OC)c(Cl)cc3OC)CC2=O)cc1. The summed E-state index contributed by atoms with van der Waals surface area (Å²) in [5.41, 5.74) is 1.42. The molecule has 0 spiro atoms. The van der Waals surface area contributed by atoms with Crippen molar-refractivity contribution in [2.24, 2.45) is 5.92 Å². The Kier molecular flexibility index (Phi) is 6.49. The number of nitrogens with zero attached hydrogens (tertiary/aromatic N) is 1. The Morgan fingerprint density at radius 2 is 1.79 bits per heavy atom. The van der Waals surface area contributed by atoms with E-state index >= 15 is 0 Å². The number of rotatable bonds is 7. The van der Waals surface area contributed by atoms with Crippen molar-refractivity contribution in [1.29, 1.82) is 0 Å². The van der Waals surface area contributed by atoms with Gasteiger partial charge in [-0.15, -0.1) is 0 Å². The third-order valence-corrected chi connectivity index (χ3v) is 5.14. The maximum atomic E-state index is 12.8. The Labute approximate surface area is 174 Å². The number of ether oxygens (including phenoxy) is 3. The average Bonchev–Trinajstić information content (AvgIpc) is 3.10. The number of carbonyl (C=O) groups excluding carboxylic acids is 2. The molecule has 1 aliphatic heterocycles. The fourth-order valence-electron chi connectivity index (χ4n) is 3.24. The standard InChI is InChI=1S/C21H23ClN2O5/c1-27-15-6-4-13(5-7-15)11-24-12-14(8-20(24)25)21(26)23-17-10-18(28-2)16(22)9-19(17)29-3/h4-7,9-10,14H,8,11-12H2,1-3H3,(H,23,26). The molecule has 8 heteroatoms. The number of anilines is 1. The van der Waals surface area contributed by atoms with Crippen LogP contribution in [0.3, 0.4) is 0 Å². The third kappa shape index (κ3) is 4.74. The molecule has 29 heavy (non-hydrogen) atoms. The van der Waals surface area contributed by atoms with Crippen molar-refractivity contribution in [3.63, 3.8) is 0 Å². The van der Waals surface area contributed by atoms with Crippen LogP contribution in [-0.4, -0.2) is 44.6 Å². The Morgan fingerprint density at radius 1 is 1.10 bits per heavy atom. The van der Waals surface area contributed by atoms with Crippen LogP contribution in [0.4, 0.5) is 5.69 Å². The van der Waals surface area contributed by atoms with Crippen LogP contribution in [0.15, 0.2) is 36.4 Å². The molecule has 1 saturated heterocycles. The lowest BCUT2D eigenvalue weighted by Gasteiger charge is -2.18. The minimum Gasteiger partial charge on any atom is -0.497 e. The number of carbonyl (C=O) groups is 2. The second-order valence-electron chi connectivity index (χ2n) is 6.70. The van der Waals surface area contributed by atoms with Gasteiger partial charge in [-0.3, -0.25) is 9.59 Å². The number of hydrogen-bond donors (Lipinski definition) is 1. The summed E-state index contributed by atoms with van der Waals surface area (Å²) in [7, 11) is 4.59. The second-order valence-corrected chi connectivity index (χ2v) is 7.11. The molecule has 1 N–H and O–H groups in total. The predicted octanol–water partition coefficient (Wildman–Crippen LogP) is 3.35. The molecule has 1 atom stereocenters. The first-order valence-electron chi connectivity index (χ1n) is 9.08. The largest absolute Gasteiger partial charge is 0.497 e. The van der Waals surface area contributed by atoms with Gasteiger partial charge in [0.25, 0.3) is 0 Å². The lowest BCUT2D eigenvalue weighted by molar-refractivity contribution is -0.128. The molecule has 2 aromatic rings. The molecule has 1 heterocycles. The Morgan fingerprint density at radius 3 is 2.41 bits per heavy atom. The summed E-state index contributed by atoms with van der Waals surface area (Å²) in [5, 5.41) is 3.21. The minimum absolute atomic E-state index is 0.0541. The number of nitrogens with one attached hydrogen (secondary N) is 1.